The molecule has 2 aromatic rings. The van der Waals surface area contributed by atoms with Gasteiger partial charge in [-0.2, -0.15) is 0 Å². The monoisotopic (exact) mass is 383 g/mol. The van der Waals surface area contributed by atoms with Crippen LogP contribution in [0.4, 0.5) is 4.39 Å². The highest BCUT2D eigenvalue weighted by molar-refractivity contribution is 7.89. The van der Waals surface area contributed by atoms with Gasteiger partial charge >= 0.3 is 0 Å². The maximum absolute atomic E-state index is 13.8. The van der Waals surface area contributed by atoms with E-state index < -0.39 is 21.4 Å². The predicted molar refractivity (Wildman–Crippen MR) is 90.3 cm³/mol. The van der Waals surface area contributed by atoms with Gasteiger partial charge < -0.3 is 19.3 Å². The molecular weight excluding hydrogens is 365 g/mol. The zero-order chi connectivity index (χ0) is 18.9. The topological polar surface area (TPSA) is 94.1 Å². The van der Waals surface area contributed by atoms with Crippen molar-refractivity contribution in [1.29, 1.82) is 0 Å². The molecule has 0 saturated heterocycles. The van der Waals surface area contributed by atoms with Gasteiger partial charge in [-0.25, -0.2) is 17.5 Å². The Morgan fingerprint density at radius 2 is 1.96 bits per heavy atom. The fourth-order valence-electron chi connectivity index (χ4n) is 2.47. The normalized spacial score (nSPS) is 15.5. The van der Waals surface area contributed by atoms with E-state index in [0.29, 0.717) is 17.1 Å². The molecule has 0 fully saturated rings. The lowest BCUT2D eigenvalue weighted by Gasteiger charge is -2.24. The Labute approximate surface area is 150 Å². The number of ether oxygens (including phenoxy) is 3. The summed E-state index contributed by atoms with van der Waals surface area (Å²) in [5, 5.41) is 10.6. The average molecular weight is 383 g/mol. The minimum absolute atomic E-state index is 0.0590. The number of halogens is 1. The number of nitrogens with one attached hydrogen (secondary N) is 1. The third-order valence-electron chi connectivity index (χ3n) is 4.03. The van der Waals surface area contributed by atoms with Gasteiger partial charge in [0.1, 0.15) is 5.60 Å². The summed E-state index contributed by atoms with van der Waals surface area (Å²) < 4.78 is 56.0. The number of hydrogen-bond acceptors (Lipinski definition) is 6. The van der Waals surface area contributed by atoms with E-state index in [-0.39, 0.29) is 24.0 Å². The maximum Gasteiger partial charge on any atom is 0.240 e. The van der Waals surface area contributed by atoms with Crippen molar-refractivity contribution in [2.45, 2.75) is 17.4 Å². The highest BCUT2D eigenvalue weighted by Gasteiger charge is 2.28. The summed E-state index contributed by atoms with van der Waals surface area (Å²) in [5.41, 5.74) is -1.07. The van der Waals surface area contributed by atoms with Crippen LogP contribution < -0.4 is 18.9 Å². The molecule has 9 heteroatoms. The summed E-state index contributed by atoms with van der Waals surface area (Å²) >= 11 is 0. The standard InChI is InChI=1S/C17H18FNO6S/c1-17(20,11-3-5-15-16(7-11)25-10-24-15)9-19-26(21,22)12-4-6-14(23-2)13(18)8-12/h3-8,19-20H,9-10H2,1-2H3. The number of methoxy groups -OCH3 is 1. The third kappa shape index (κ3) is 3.59. The second-order valence-corrected chi connectivity index (χ2v) is 7.73. The van der Waals surface area contributed by atoms with Crippen LogP contribution in [0.5, 0.6) is 17.2 Å². The summed E-state index contributed by atoms with van der Waals surface area (Å²) in [7, 11) is -2.74. The molecule has 3 rings (SSSR count). The molecule has 0 saturated carbocycles. The molecule has 2 aromatic carbocycles. The van der Waals surface area contributed by atoms with Crippen molar-refractivity contribution in [3.8, 4) is 17.2 Å². The number of sulfonamides is 1. The van der Waals surface area contributed by atoms with Crippen molar-refractivity contribution in [3.05, 3.63) is 47.8 Å². The van der Waals surface area contributed by atoms with Crippen LogP contribution in [0.25, 0.3) is 0 Å². The molecule has 26 heavy (non-hydrogen) atoms. The fraction of sp³-hybridized carbons (Fsp3) is 0.294. The molecule has 7 nitrogen and oxygen atoms in total. The molecule has 1 atom stereocenters. The molecule has 0 aromatic heterocycles. The Bertz CT molecular complexity index is 929. The maximum atomic E-state index is 13.8. The molecule has 0 radical (unpaired) electrons. The zero-order valence-corrected chi connectivity index (χ0v) is 15.0. The molecule has 0 aliphatic carbocycles. The Hall–Kier alpha value is -2.36. The van der Waals surface area contributed by atoms with E-state index in [4.69, 9.17) is 14.2 Å². The van der Waals surface area contributed by atoms with Crippen LogP contribution in [-0.2, 0) is 15.6 Å². The average Bonchev–Trinajstić information content (AvgIpc) is 3.08. The van der Waals surface area contributed by atoms with Gasteiger partial charge in [-0.05, 0) is 42.8 Å². The molecule has 2 N–H and O–H groups in total. The number of fused-ring (bicyclic) bond motifs is 1. The van der Waals surface area contributed by atoms with Crippen LogP contribution in [0.3, 0.4) is 0 Å². The second-order valence-electron chi connectivity index (χ2n) is 5.96. The summed E-state index contributed by atoms with van der Waals surface area (Å²) in [4.78, 5) is -0.266. The quantitative estimate of drug-likeness (QED) is 0.789. The van der Waals surface area contributed by atoms with E-state index >= 15 is 0 Å². The van der Waals surface area contributed by atoms with Gasteiger partial charge in [-0.3, -0.25) is 0 Å². The van der Waals surface area contributed by atoms with Gasteiger partial charge in [0.25, 0.3) is 0 Å². The molecule has 1 unspecified atom stereocenters. The number of benzene rings is 2. The van der Waals surface area contributed by atoms with Crippen LogP contribution in [-0.4, -0.2) is 34.0 Å². The predicted octanol–water partition coefficient (Wildman–Crippen LogP) is 1.75. The van der Waals surface area contributed by atoms with Gasteiger partial charge in [0.05, 0.1) is 12.0 Å². The van der Waals surface area contributed by atoms with E-state index in [9.17, 15) is 17.9 Å². The smallest absolute Gasteiger partial charge is 0.240 e. The van der Waals surface area contributed by atoms with Crippen LogP contribution in [0.2, 0.25) is 0 Å². The van der Waals surface area contributed by atoms with Crippen LogP contribution in [0.1, 0.15) is 12.5 Å². The van der Waals surface area contributed by atoms with E-state index in [1.54, 1.807) is 18.2 Å². The summed E-state index contributed by atoms with van der Waals surface area (Å²) in [5.74, 6) is 0.177. The first-order valence-corrected chi connectivity index (χ1v) is 9.17. The highest BCUT2D eigenvalue weighted by Crippen LogP contribution is 2.35. The minimum Gasteiger partial charge on any atom is -0.494 e. The second kappa shape index (κ2) is 6.75. The zero-order valence-electron chi connectivity index (χ0n) is 14.2. The first-order chi connectivity index (χ1) is 12.2. The van der Waals surface area contributed by atoms with Crippen molar-refractivity contribution in [2.24, 2.45) is 0 Å². The number of aliphatic hydroxyl groups is 1. The van der Waals surface area contributed by atoms with Crippen LogP contribution >= 0.6 is 0 Å². The Kier molecular flexibility index (Phi) is 4.78. The lowest BCUT2D eigenvalue weighted by Crippen LogP contribution is -2.38. The highest BCUT2D eigenvalue weighted by atomic mass is 32.2. The van der Waals surface area contributed by atoms with Crippen molar-refractivity contribution < 1.29 is 32.1 Å². The van der Waals surface area contributed by atoms with Gasteiger partial charge in [0.15, 0.2) is 23.1 Å². The fourth-order valence-corrected chi connectivity index (χ4v) is 3.61. The first-order valence-electron chi connectivity index (χ1n) is 7.69. The first kappa shape index (κ1) is 18.4. The summed E-state index contributed by atoms with van der Waals surface area (Å²) in [6.07, 6.45) is 0. The number of hydrogen-bond donors (Lipinski definition) is 2. The Balaban J connectivity index is 1.77. The third-order valence-corrected chi connectivity index (χ3v) is 5.43. The van der Waals surface area contributed by atoms with Crippen molar-refractivity contribution in [2.75, 3.05) is 20.4 Å². The molecule has 0 spiro atoms. The number of rotatable bonds is 6. The van der Waals surface area contributed by atoms with Gasteiger partial charge in [-0.1, -0.05) is 6.07 Å². The largest absolute Gasteiger partial charge is 0.494 e. The molecule has 1 aliphatic rings. The SMILES string of the molecule is COc1ccc(S(=O)(=O)NCC(C)(O)c2ccc3c(c2)OCO3)cc1F. The Morgan fingerprint density at radius 1 is 1.23 bits per heavy atom. The molecule has 140 valence electrons. The van der Waals surface area contributed by atoms with Crippen LogP contribution in [0, 0.1) is 5.82 Å². The van der Waals surface area contributed by atoms with Gasteiger partial charge in [-0.15, -0.1) is 0 Å². The van der Waals surface area contributed by atoms with E-state index in [1.165, 1.54) is 26.2 Å². The van der Waals surface area contributed by atoms with E-state index in [0.717, 1.165) is 6.07 Å². The van der Waals surface area contributed by atoms with Crippen molar-refractivity contribution in [1.82, 2.24) is 4.72 Å². The van der Waals surface area contributed by atoms with E-state index in [2.05, 4.69) is 4.72 Å². The van der Waals surface area contributed by atoms with Crippen molar-refractivity contribution >= 4 is 10.0 Å². The Morgan fingerprint density at radius 3 is 2.65 bits per heavy atom. The minimum atomic E-state index is -4.02. The molecule has 0 bridgehead atoms. The molecule has 1 aliphatic heterocycles. The van der Waals surface area contributed by atoms with Crippen LogP contribution in [0.15, 0.2) is 41.3 Å². The summed E-state index contributed by atoms with van der Waals surface area (Å²) in [6, 6.07) is 8.15. The van der Waals surface area contributed by atoms with Crippen molar-refractivity contribution in [3.63, 3.8) is 0 Å². The summed E-state index contributed by atoms with van der Waals surface area (Å²) in [6.45, 7) is 1.24. The van der Waals surface area contributed by atoms with Gasteiger partial charge in [0.2, 0.25) is 16.8 Å². The van der Waals surface area contributed by atoms with Gasteiger partial charge in [0, 0.05) is 6.54 Å². The molecular formula is C17H18FNO6S. The molecule has 0 amide bonds. The lowest BCUT2D eigenvalue weighted by atomic mass is 9.96. The van der Waals surface area contributed by atoms with E-state index in [1.807, 2.05) is 0 Å². The lowest BCUT2D eigenvalue weighted by molar-refractivity contribution is 0.0625. The molecule has 1 heterocycles.